The molecular weight excluding hydrogens is 196 g/mol. The summed E-state index contributed by atoms with van der Waals surface area (Å²) in [5.74, 6) is 0.571. The predicted octanol–water partition coefficient (Wildman–Crippen LogP) is 2.91. The topological polar surface area (TPSA) is 0 Å². The number of rotatable bonds is 2. The first-order valence-electron chi connectivity index (χ1n) is 4.54. The Balaban J connectivity index is 3.32. The predicted molar refractivity (Wildman–Crippen MR) is 61.2 cm³/mol. The quantitative estimate of drug-likeness (QED) is 0.520. The molecule has 0 aliphatic carbocycles. The Kier molecular flexibility index (Phi) is 3.57. The van der Waals surface area contributed by atoms with Gasteiger partial charge in [0.25, 0.3) is 0 Å². The lowest BCUT2D eigenvalue weighted by Crippen LogP contribution is -2.18. The molecule has 2 heteroatoms. The average molecular weight is 211 g/mol. The summed E-state index contributed by atoms with van der Waals surface area (Å²) >= 11 is 5.93. The van der Waals surface area contributed by atoms with Crippen LogP contribution < -0.4 is 5.19 Å². The van der Waals surface area contributed by atoms with Crippen LogP contribution in [-0.2, 0) is 0 Å². The van der Waals surface area contributed by atoms with Gasteiger partial charge in [0.15, 0.2) is 0 Å². The molecule has 0 spiro atoms. The molecule has 13 heavy (non-hydrogen) atoms. The third kappa shape index (κ3) is 2.15. The van der Waals surface area contributed by atoms with Crippen LogP contribution in [0.25, 0.3) is 0 Å². The van der Waals surface area contributed by atoms with Gasteiger partial charge in [-0.25, -0.2) is 0 Å². The summed E-state index contributed by atoms with van der Waals surface area (Å²) in [6.07, 6.45) is 0. The summed E-state index contributed by atoms with van der Waals surface area (Å²) in [7, 11) is 0.387. The highest BCUT2D eigenvalue weighted by Gasteiger charge is 2.10. The molecule has 70 valence electrons. The van der Waals surface area contributed by atoms with Gasteiger partial charge in [0.2, 0.25) is 8.83 Å². The lowest BCUT2D eigenvalue weighted by Gasteiger charge is -2.15. The lowest BCUT2D eigenvalue weighted by atomic mass is 9.95. The maximum atomic E-state index is 5.93. The first-order valence-corrected chi connectivity index (χ1v) is 6.55. The van der Waals surface area contributed by atoms with Crippen LogP contribution in [0.4, 0.5) is 0 Å². The van der Waals surface area contributed by atoms with Gasteiger partial charge in [-0.15, -0.1) is 0 Å². The van der Waals surface area contributed by atoms with Crippen LogP contribution in [0.1, 0.15) is 36.5 Å². The summed E-state index contributed by atoms with van der Waals surface area (Å²) in [4.78, 5) is 0. The molecule has 2 radical (unpaired) electrons. The molecule has 0 aliphatic rings. The van der Waals surface area contributed by atoms with E-state index in [9.17, 15) is 0 Å². The molecule has 0 saturated heterocycles. The second-order valence-corrected chi connectivity index (χ2v) is 5.01. The zero-order valence-corrected chi connectivity index (χ0v) is 10.4. The Bertz CT molecular complexity index is 305. The van der Waals surface area contributed by atoms with Crippen molar-refractivity contribution in [1.82, 2.24) is 0 Å². The molecule has 0 atom stereocenters. The molecule has 0 fully saturated rings. The minimum absolute atomic E-state index is 0.387. The number of halogens is 1. The zero-order valence-electron chi connectivity index (χ0n) is 8.61. The first kappa shape index (κ1) is 10.8. The largest absolute Gasteiger partial charge is 0.210 e. The van der Waals surface area contributed by atoms with Gasteiger partial charge < -0.3 is 0 Å². The van der Waals surface area contributed by atoms with Crippen molar-refractivity contribution < 1.29 is 0 Å². The Morgan fingerprint density at radius 2 is 1.85 bits per heavy atom. The number of benzene rings is 1. The molecule has 1 aromatic carbocycles. The van der Waals surface area contributed by atoms with E-state index < -0.39 is 0 Å². The monoisotopic (exact) mass is 210 g/mol. The third-order valence-corrected chi connectivity index (χ3v) is 3.72. The molecule has 1 aromatic rings. The zero-order chi connectivity index (χ0) is 10.0. The molecule has 0 saturated carbocycles. The second-order valence-electron chi connectivity index (χ2n) is 3.72. The van der Waals surface area contributed by atoms with Gasteiger partial charge in [0.1, 0.15) is 0 Å². The van der Waals surface area contributed by atoms with E-state index in [0.29, 0.717) is 14.7 Å². The Morgan fingerprint density at radius 3 is 2.31 bits per heavy atom. The van der Waals surface area contributed by atoms with E-state index in [1.54, 1.807) is 0 Å². The summed E-state index contributed by atoms with van der Waals surface area (Å²) in [5, 5.41) is 1.31. The Morgan fingerprint density at radius 1 is 1.23 bits per heavy atom. The highest BCUT2D eigenvalue weighted by Crippen LogP contribution is 2.19. The van der Waals surface area contributed by atoms with Crippen molar-refractivity contribution in [3.05, 3.63) is 28.8 Å². The third-order valence-electron chi connectivity index (χ3n) is 2.46. The Labute approximate surface area is 87.8 Å². The van der Waals surface area contributed by atoms with Crippen molar-refractivity contribution in [3.8, 4) is 0 Å². The molecule has 0 amide bonds. The van der Waals surface area contributed by atoms with Crippen LogP contribution in [0.3, 0.4) is 0 Å². The van der Waals surface area contributed by atoms with Crippen LogP contribution in [0.15, 0.2) is 12.1 Å². The lowest BCUT2D eigenvalue weighted by molar-refractivity contribution is 0.861. The van der Waals surface area contributed by atoms with Gasteiger partial charge in [0.05, 0.1) is 0 Å². The normalized spacial score (nSPS) is 10.9. The van der Waals surface area contributed by atoms with Crippen molar-refractivity contribution in [2.24, 2.45) is 0 Å². The van der Waals surface area contributed by atoms with Gasteiger partial charge in [-0.2, -0.15) is 11.1 Å². The molecule has 0 aliphatic heterocycles. The fourth-order valence-electron chi connectivity index (χ4n) is 1.66. The van der Waals surface area contributed by atoms with Gasteiger partial charge in [-0.3, -0.25) is 0 Å². The average Bonchev–Trinajstić information content (AvgIpc) is 2.08. The molecule has 0 aromatic heterocycles. The SMILES string of the molecule is Cc1ccc([Si]Cl)c(C(C)C)c1C. The van der Waals surface area contributed by atoms with Crippen molar-refractivity contribution in [2.75, 3.05) is 0 Å². The van der Waals surface area contributed by atoms with E-state index in [1.165, 1.54) is 21.9 Å². The Hall–Kier alpha value is -0.273. The van der Waals surface area contributed by atoms with Crippen molar-refractivity contribution in [1.29, 1.82) is 0 Å². The highest BCUT2D eigenvalue weighted by molar-refractivity contribution is 7.01. The van der Waals surface area contributed by atoms with Gasteiger partial charge in [-0.05, 0) is 41.6 Å². The maximum Gasteiger partial charge on any atom is 0.210 e. The number of aryl methyl sites for hydroxylation is 1. The summed E-state index contributed by atoms with van der Waals surface area (Å²) < 4.78 is 0. The fraction of sp³-hybridized carbons (Fsp3) is 0.455. The summed E-state index contributed by atoms with van der Waals surface area (Å²) in [5.41, 5.74) is 4.20. The number of hydrogen-bond acceptors (Lipinski definition) is 0. The molecule has 0 heterocycles. The van der Waals surface area contributed by atoms with E-state index in [4.69, 9.17) is 11.1 Å². The van der Waals surface area contributed by atoms with Crippen LogP contribution in [0, 0.1) is 13.8 Å². The molecule has 0 unspecified atom stereocenters. The fourth-order valence-corrected chi connectivity index (χ4v) is 2.88. The van der Waals surface area contributed by atoms with E-state index >= 15 is 0 Å². The smallest absolute Gasteiger partial charge is 0.165 e. The van der Waals surface area contributed by atoms with Gasteiger partial charge in [0, 0.05) is 0 Å². The van der Waals surface area contributed by atoms with E-state index in [2.05, 4.69) is 39.8 Å². The minimum Gasteiger partial charge on any atom is -0.165 e. The van der Waals surface area contributed by atoms with Gasteiger partial charge in [-0.1, -0.05) is 26.0 Å². The van der Waals surface area contributed by atoms with Crippen molar-refractivity contribution in [3.63, 3.8) is 0 Å². The van der Waals surface area contributed by atoms with Crippen LogP contribution in [0.5, 0.6) is 0 Å². The van der Waals surface area contributed by atoms with Crippen LogP contribution in [0.2, 0.25) is 0 Å². The van der Waals surface area contributed by atoms with Crippen molar-refractivity contribution in [2.45, 2.75) is 33.6 Å². The molecule has 0 nitrogen and oxygen atoms in total. The van der Waals surface area contributed by atoms with Gasteiger partial charge >= 0.3 is 0 Å². The minimum atomic E-state index is 0.387. The number of hydrogen-bond donors (Lipinski definition) is 0. The summed E-state index contributed by atoms with van der Waals surface area (Å²) in [6, 6.07) is 4.31. The van der Waals surface area contributed by atoms with Crippen LogP contribution >= 0.6 is 11.1 Å². The molecule has 0 N–H and O–H groups in total. The van der Waals surface area contributed by atoms with Crippen LogP contribution in [-0.4, -0.2) is 8.83 Å². The van der Waals surface area contributed by atoms with E-state index in [1.807, 2.05) is 0 Å². The molecular formula is C11H15ClSi. The van der Waals surface area contributed by atoms with E-state index in [0.717, 1.165) is 0 Å². The second kappa shape index (κ2) is 4.29. The first-order chi connectivity index (χ1) is 6.07. The summed E-state index contributed by atoms with van der Waals surface area (Å²) in [6.45, 7) is 8.79. The molecule has 0 bridgehead atoms. The van der Waals surface area contributed by atoms with E-state index in [-0.39, 0.29) is 0 Å². The highest BCUT2D eigenvalue weighted by atomic mass is 35.6. The standard InChI is InChI=1S/C11H15ClSi/c1-7(2)11-9(4)8(3)5-6-10(11)13-12/h5-7H,1-4H3. The molecule has 1 rings (SSSR count). The maximum absolute atomic E-state index is 5.93. The van der Waals surface area contributed by atoms with Crippen molar-refractivity contribution >= 4 is 25.1 Å².